The Kier molecular flexibility index (Phi) is 5.10. The van der Waals surface area contributed by atoms with E-state index in [0.29, 0.717) is 12.8 Å². The van der Waals surface area contributed by atoms with E-state index in [-0.39, 0.29) is 11.4 Å². The van der Waals surface area contributed by atoms with Crippen LogP contribution in [0.2, 0.25) is 0 Å². The molecule has 0 amide bonds. The van der Waals surface area contributed by atoms with Gasteiger partial charge < -0.3 is 10.4 Å². The fraction of sp³-hybridized carbons (Fsp3) is 0.417. The number of nitro groups is 1. The van der Waals surface area contributed by atoms with Crippen LogP contribution >= 0.6 is 22.6 Å². The molecule has 104 valence electrons. The van der Waals surface area contributed by atoms with Gasteiger partial charge in [-0.2, -0.15) is 0 Å². The van der Waals surface area contributed by atoms with Crippen molar-refractivity contribution in [3.05, 3.63) is 31.9 Å². The minimum Gasteiger partial charge on any atom is -0.480 e. The van der Waals surface area contributed by atoms with Gasteiger partial charge in [-0.3, -0.25) is 10.1 Å². The number of rotatable bonds is 6. The predicted octanol–water partition coefficient (Wildman–Crippen LogP) is 3.25. The second-order valence-corrected chi connectivity index (χ2v) is 5.38. The van der Waals surface area contributed by atoms with Gasteiger partial charge in [0, 0.05) is 9.64 Å². The summed E-state index contributed by atoms with van der Waals surface area (Å²) in [6, 6.07) is 4.66. The Morgan fingerprint density at radius 3 is 2.47 bits per heavy atom. The molecule has 7 heteroatoms. The first-order chi connectivity index (χ1) is 8.86. The van der Waals surface area contributed by atoms with Crippen molar-refractivity contribution < 1.29 is 14.8 Å². The van der Waals surface area contributed by atoms with E-state index in [1.807, 2.05) is 22.6 Å². The van der Waals surface area contributed by atoms with Gasteiger partial charge >= 0.3 is 5.97 Å². The highest BCUT2D eigenvalue weighted by atomic mass is 127. The summed E-state index contributed by atoms with van der Waals surface area (Å²) in [6.45, 7) is 3.48. The SMILES string of the molecule is CCC(CC)(Nc1ccc(I)cc1[N+](=O)[O-])C(=O)O. The molecule has 0 aliphatic carbocycles. The van der Waals surface area contributed by atoms with Gasteiger partial charge in [0.25, 0.3) is 5.69 Å². The van der Waals surface area contributed by atoms with Crippen LogP contribution < -0.4 is 5.32 Å². The predicted molar refractivity (Wildman–Crippen MR) is 80.4 cm³/mol. The lowest BCUT2D eigenvalue weighted by Crippen LogP contribution is -2.45. The van der Waals surface area contributed by atoms with Crippen molar-refractivity contribution in [2.24, 2.45) is 0 Å². The van der Waals surface area contributed by atoms with Gasteiger partial charge in [-0.15, -0.1) is 0 Å². The Labute approximate surface area is 124 Å². The molecule has 1 aromatic rings. The first-order valence-electron chi connectivity index (χ1n) is 5.81. The lowest BCUT2D eigenvalue weighted by molar-refractivity contribution is -0.384. The number of nitrogens with zero attached hydrogens (tertiary/aromatic N) is 1. The van der Waals surface area contributed by atoms with Gasteiger partial charge in [-0.1, -0.05) is 13.8 Å². The first-order valence-corrected chi connectivity index (χ1v) is 6.89. The molecule has 0 radical (unpaired) electrons. The van der Waals surface area contributed by atoms with Gasteiger partial charge in [-0.05, 0) is 47.6 Å². The minimum atomic E-state index is -1.18. The van der Waals surface area contributed by atoms with E-state index >= 15 is 0 Å². The number of nitro benzene ring substituents is 1. The summed E-state index contributed by atoms with van der Waals surface area (Å²) in [4.78, 5) is 21.9. The molecule has 6 nitrogen and oxygen atoms in total. The zero-order chi connectivity index (χ0) is 14.6. The zero-order valence-corrected chi connectivity index (χ0v) is 12.8. The highest BCUT2D eigenvalue weighted by molar-refractivity contribution is 14.1. The van der Waals surface area contributed by atoms with E-state index in [2.05, 4.69) is 5.32 Å². The maximum atomic E-state index is 11.4. The topological polar surface area (TPSA) is 92.5 Å². The van der Waals surface area contributed by atoms with E-state index in [4.69, 9.17) is 0 Å². The lowest BCUT2D eigenvalue weighted by Gasteiger charge is -2.29. The fourth-order valence-electron chi connectivity index (χ4n) is 1.80. The largest absolute Gasteiger partial charge is 0.480 e. The number of nitrogens with one attached hydrogen (secondary N) is 1. The van der Waals surface area contributed by atoms with Gasteiger partial charge in [-0.25, -0.2) is 4.79 Å². The van der Waals surface area contributed by atoms with Crippen LogP contribution in [0.5, 0.6) is 0 Å². The molecular formula is C12H15IN2O4. The molecule has 0 atom stereocenters. The molecule has 0 aliphatic heterocycles. The van der Waals surface area contributed by atoms with E-state index < -0.39 is 16.4 Å². The monoisotopic (exact) mass is 378 g/mol. The average molecular weight is 378 g/mol. The number of aliphatic carboxylic acids is 1. The van der Waals surface area contributed by atoms with Crippen molar-refractivity contribution in [1.29, 1.82) is 0 Å². The van der Waals surface area contributed by atoms with Crippen LogP contribution in [0.4, 0.5) is 11.4 Å². The van der Waals surface area contributed by atoms with Crippen LogP contribution in [0, 0.1) is 13.7 Å². The minimum absolute atomic E-state index is 0.112. The number of hydrogen-bond acceptors (Lipinski definition) is 4. The first kappa shape index (κ1) is 15.7. The molecule has 0 fully saturated rings. The van der Waals surface area contributed by atoms with Crippen molar-refractivity contribution in [3.63, 3.8) is 0 Å². The second kappa shape index (κ2) is 6.18. The van der Waals surface area contributed by atoms with E-state index in [1.54, 1.807) is 26.0 Å². The number of benzene rings is 1. The normalized spacial score (nSPS) is 11.1. The molecule has 0 unspecified atom stereocenters. The molecule has 0 bridgehead atoms. The van der Waals surface area contributed by atoms with Crippen LogP contribution in [0.25, 0.3) is 0 Å². The maximum Gasteiger partial charge on any atom is 0.329 e. The maximum absolute atomic E-state index is 11.4. The highest BCUT2D eigenvalue weighted by Gasteiger charge is 2.36. The van der Waals surface area contributed by atoms with Crippen molar-refractivity contribution in [3.8, 4) is 0 Å². The Balaban J connectivity index is 3.24. The van der Waals surface area contributed by atoms with Crippen LogP contribution in [-0.2, 0) is 4.79 Å². The number of carbonyl (C=O) groups is 1. The highest BCUT2D eigenvalue weighted by Crippen LogP contribution is 2.31. The van der Waals surface area contributed by atoms with Crippen LogP contribution in [-0.4, -0.2) is 21.5 Å². The van der Waals surface area contributed by atoms with E-state index in [9.17, 15) is 20.0 Å². The van der Waals surface area contributed by atoms with Gasteiger partial charge in [0.05, 0.1) is 4.92 Å². The Hall–Kier alpha value is -1.38. The van der Waals surface area contributed by atoms with E-state index in [0.717, 1.165) is 3.57 Å². The number of hydrogen-bond donors (Lipinski definition) is 2. The van der Waals surface area contributed by atoms with Crippen molar-refractivity contribution in [2.45, 2.75) is 32.2 Å². The fourth-order valence-corrected chi connectivity index (χ4v) is 2.28. The Morgan fingerprint density at radius 1 is 1.47 bits per heavy atom. The summed E-state index contributed by atoms with van der Waals surface area (Å²) in [5.74, 6) is -1.01. The molecule has 1 aromatic carbocycles. The smallest absolute Gasteiger partial charge is 0.329 e. The Morgan fingerprint density at radius 2 is 2.05 bits per heavy atom. The summed E-state index contributed by atoms with van der Waals surface area (Å²) in [5, 5.41) is 23.2. The van der Waals surface area contributed by atoms with Crippen LogP contribution in [0.1, 0.15) is 26.7 Å². The number of anilines is 1. The summed E-state index contributed by atoms with van der Waals surface area (Å²) in [7, 11) is 0. The van der Waals surface area contributed by atoms with Crippen molar-refractivity contribution in [1.82, 2.24) is 0 Å². The van der Waals surface area contributed by atoms with Gasteiger partial charge in [0.2, 0.25) is 0 Å². The number of carboxylic acids is 1. The third-order valence-electron chi connectivity index (χ3n) is 3.15. The summed E-state index contributed by atoms with van der Waals surface area (Å²) < 4.78 is 0.726. The number of carboxylic acid groups (broad SMARTS) is 1. The summed E-state index contributed by atoms with van der Waals surface area (Å²) >= 11 is 1.98. The second-order valence-electron chi connectivity index (χ2n) is 4.14. The Bertz CT molecular complexity index is 501. The van der Waals surface area contributed by atoms with Gasteiger partial charge in [0.15, 0.2) is 0 Å². The molecular weight excluding hydrogens is 363 g/mol. The molecule has 0 spiro atoms. The third-order valence-corrected chi connectivity index (χ3v) is 3.82. The number of halogens is 1. The van der Waals surface area contributed by atoms with Crippen molar-refractivity contribution >= 4 is 39.9 Å². The standard InChI is InChI=1S/C12H15IN2O4/c1-3-12(4-2,11(16)17)14-9-6-5-8(13)7-10(9)15(18)19/h5-7,14H,3-4H2,1-2H3,(H,16,17). The average Bonchev–Trinajstić information content (AvgIpc) is 2.37. The summed E-state index contributed by atoms with van der Waals surface area (Å²) in [6.07, 6.45) is 0.671. The molecule has 0 heterocycles. The lowest BCUT2D eigenvalue weighted by atomic mass is 9.92. The molecule has 0 saturated heterocycles. The third kappa shape index (κ3) is 3.34. The molecule has 0 saturated carbocycles. The van der Waals surface area contributed by atoms with Crippen LogP contribution in [0.3, 0.4) is 0 Å². The van der Waals surface area contributed by atoms with Crippen LogP contribution in [0.15, 0.2) is 18.2 Å². The quantitative estimate of drug-likeness (QED) is 0.450. The molecule has 1 rings (SSSR count). The van der Waals surface area contributed by atoms with E-state index in [1.165, 1.54) is 6.07 Å². The summed E-state index contributed by atoms with van der Waals surface area (Å²) in [5.41, 5.74) is -1.06. The molecule has 2 N–H and O–H groups in total. The molecule has 0 aromatic heterocycles. The molecule has 19 heavy (non-hydrogen) atoms. The van der Waals surface area contributed by atoms with Crippen molar-refractivity contribution in [2.75, 3.05) is 5.32 Å². The zero-order valence-electron chi connectivity index (χ0n) is 10.6. The van der Waals surface area contributed by atoms with Gasteiger partial charge in [0.1, 0.15) is 11.2 Å². The molecule has 0 aliphatic rings.